The Morgan fingerprint density at radius 2 is 1.87 bits per heavy atom. The van der Waals surface area contributed by atoms with Crippen LogP contribution in [-0.4, -0.2) is 57.1 Å². The second-order valence-electron chi connectivity index (χ2n) is 9.46. The molecule has 0 unspecified atom stereocenters. The smallest absolute Gasteiger partial charge is 0.355 e. The van der Waals surface area contributed by atoms with Crippen LogP contribution in [0.3, 0.4) is 0 Å². The molecule has 1 fully saturated rings. The monoisotopic (exact) mass is 588 g/mol. The average molecular weight is 589 g/mol. The number of sulfone groups is 1. The van der Waals surface area contributed by atoms with E-state index in [-0.39, 0.29) is 63.8 Å². The number of alkyl halides is 3. The first-order valence-electron chi connectivity index (χ1n) is 12.5. The maximum Gasteiger partial charge on any atom is 0.416 e. The molecule has 214 valence electrons. The van der Waals surface area contributed by atoms with Crippen LogP contribution in [-0.2, 0) is 33.9 Å². The largest absolute Gasteiger partial charge is 0.416 e. The van der Waals surface area contributed by atoms with Gasteiger partial charge in [0.15, 0.2) is 9.84 Å². The summed E-state index contributed by atoms with van der Waals surface area (Å²) in [5.41, 5.74) is 4.48. The van der Waals surface area contributed by atoms with Crippen LogP contribution in [0, 0.1) is 5.92 Å². The van der Waals surface area contributed by atoms with E-state index in [0.717, 1.165) is 18.9 Å². The highest BCUT2D eigenvalue weighted by molar-refractivity contribution is 7.91. The number of nitrogens with two attached hydrogens (primary N) is 1. The fourth-order valence-electron chi connectivity index (χ4n) is 4.57. The zero-order chi connectivity index (χ0) is 28.8. The second-order valence-corrected chi connectivity index (χ2v) is 12.1. The normalized spacial score (nSPS) is 16.6. The first-order valence-corrected chi connectivity index (χ1v) is 14.6. The van der Waals surface area contributed by atoms with E-state index in [1.807, 2.05) is 4.90 Å². The minimum absolute atomic E-state index is 0.00320. The Morgan fingerprint density at radius 1 is 1.13 bits per heavy atom. The molecular formula is C26H32ClF3N4O4S. The number of piperidine rings is 1. The first kappa shape index (κ1) is 30.9. The van der Waals surface area contributed by atoms with Gasteiger partial charge in [-0.2, -0.15) is 13.2 Å². The lowest BCUT2D eigenvalue weighted by atomic mass is 9.96. The Balaban J connectivity index is 1.75. The molecule has 2 aromatic rings. The lowest BCUT2D eigenvalue weighted by Gasteiger charge is -2.33. The van der Waals surface area contributed by atoms with Gasteiger partial charge in [0.2, 0.25) is 5.91 Å². The molecule has 1 aliphatic rings. The molecule has 2 amide bonds. The molecule has 13 heteroatoms. The van der Waals surface area contributed by atoms with E-state index in [4.69, 9.17) is 17.3 Å². The SMILES string of the molecule is CCS(=O)(=O)c1ccc(Cl)cc1CNC(=O)c1ccc(CN2CCC[C@@H](CNC(=O)CN)C2)c(C(F)(F)F)c1. The second kappa shape index (κ2) is 13.1. The van der Waals surface area contributed by atoms with Gasteiger partial charge < -0.3 is 16.4 Å². The quantitative estimate of drug-likeness (QED) is 0.391. The average Bonchev–Trinajstić information content (AvgIpc) is 2.90. The van der Waals surface area contributed by atoms with Crippen molar-refractivity contribution in [2.45, 2.75) is 43.9 Å². The number of halogens is 4. The number of amides is 2. The number of hydrogen-bond acceptors (Lipinski definition) is 6. The van der Waals surface area contributed by atoms with Crippen molar-refractivity contribution in [1.82, 2.24) is 15.5 Å². The number of likely N-dealkylation sites (tertiary alicyclic amines) is 1. The van der Waals surface area contributed by atoms with E-state index >= 15 is 0 Å². The minimum Gasteiger partial charge on any atom is -0.355 e. The van der Waals surface area contributed by atoms with Crippen molar-refractivity contribution in [1.29, 1.82) is 0 Å². The number of benzene rings is 2. The van der Waals surface area contributed by atoms with E-state index in [2.05, 4.69) is 10.6 Å². The van der Waals surface area contributed by atoms with Gasteiger partial charge in [-0.15, -0.1) is 0 Å². The maximum absolute atomic E-state index is 14.0. The zero-order valence-electron chi connectivity index (χ0n) is 21.5. The summed E-state index contributed by atoms with van der Waals surface area (Å²) in [4.78, 5) is 26.1. The molecule has 0 bridgehead atoms. The Kier molecular flexibility index (Phi) is 10.4. The van der Waals surface area contributed by atoms with Crippen LogP contribution >= 0.6 is 11.6 Å². The Bertz CT molecular complexity index is 1300. The van der Waals surface area contributed by atoms with Gasteiger partial charge in [-0.3, -0.25) is 14.5 Å². The first-order chi connectivity index (χ1) is 18.3. The predicted octanol–water partition coefficient (Wildman–Crippen LogP) is 3.37. The number of hydrogen-bond donors (Lipinski definition) is 3. The summed E-state index contributed by atoms with van der Waals surface area (Å²) in [5.74, 6) is -1.12. The van der Waals surface area contributed by atoms with E-state index in [1.54, 1.807) is 0 Å². The molecular weight excluding hydrogens is 557 g/mol. The molecule has 1 atom stereocenters. The predicted molar refractivity (Wildman–Crippen MR) is 142 cm³/mol. The van der Waals surface area contributed by atoms with Crippen molar-refractivity contribution in [2.75, 3.05) is 31.9 Å². The van der Waals surface area contributed by atoms with Crippen molar-refractivity contribution < 1.29 is 31.2 Å². The van der Waals surface area contributed by atoms with Crippen LogP contribution in [0.1, 0.15) is 46.8 Å². The molecule has 0 aromatic heterocycles. The van der Waals surface area contributed by atoms with Crippen LogP contribution in [0.5, 0.6) is 0 Å². The highest BCUT2D eigenvalue weighted by Crippen LogP contribution is 2.34. The third-order valence-corrected chi connectivity index (χ3v) is 8.69. The molecule has 1 heterocycles. The van der Waals surface area contributed by atoms with Crippen molar-refractivity contribution in [3.05, 3.63) is 63.7 Å². The van der Waals surface area contributed by atoms with Crippen LogP contribution in [0.2, 0.25) is 5.02 Å². The molecule has 0 aliphatic carbocycles. The lowest BCUT2D eigenvalue weighted by Crippen LogP contribution is -2.42. The lowest BCUT2D eigenvalue weighted by molar-refractivity contribution is -0.138. The molecule has 0 spiro atoms. The van der Waals surface area contributed by atoms with E-state index < -0.39 is 27.5 Å². The van der Waals surface area contributed by atoms with Crippen molar-refractivity contribution in [2.24, 2.45) is 11.7 Å². The third kappa shape index (κ3) is 8.41. The summed E-state index contributed by atoms with van der Waals surface area (Å²) < 4.78 is 66.8. The topological polar surface area (TPSA) is 122 Å². The van der Waals surface area contributed by atoms with Gasteiger partial charge in [0, 0.05) is 36.8 Å². The van der Waals surface area contributed by atoms with Crippen molar-refractivity contribution in [3.63, 3.8) is 0 Å². The van der Waals surface area contributed by atoms with Gasteiger partial charge >= 0.3 is 6.18 Å². The zero-order valence-corrected chi connectivity index (χ0v) is 23.1. The summed E-state index contributed by atoms with van der Waals surface area (Å²) in [5, 5.41) is 5.50. The molecule has 0 radical (unpaired) electrons. The summed E-state index contributed by atoms with van der Waals surface area (Å²) in [6, 6.07) is 7.60. The number of nitrogens with one attached hydrogen (secondary N) is 2. The Labute approximate surface area is 231 Å². The van der Waals surface area contributed by atoms with Gasteiger partial charge in [0.05, 0.1) is 22.8 Å². The van der Waals surface area contributed by atoms with Crippen LogP contribution in [0.25, 0.3) is 0 Å². The summed E-state index contributed by atoms with van der Waals surface area (Å²) in [6.07, 6.45) is -3.06. The number of carbonyl (C=O) groups is 2. The van der Waals surface area contributed by atoms with Gasteiger partial charge in [-0.25, -0.2) is 8.42 Å². The Morgan fingerprint density at radius 3 is 2.54 bits per heavy atom. The number of carbonyl (C=O) groups excluding carboxylic acids is 2. The molecule has 1 saturated heterocycles. The third-order valence-electron chi connectivity index (χ3n) is 6.62. The van der Waals surface area contributed by atoms with Gasteiger partial charge in [0.25, 0.3) is 5.91 Å². The van der Waals surface area contributed by atoms with Gasteiger partial charge in [0.1, 0.15) is 0 Å². The Hall–Kier alpha value is -2.67. The molecule has 1 aliphatic heterocycles. The summed E-state index contributed by atoms with van der Waals surface area (Å²) in [6.45, 7) is 2.72. The minimum atomic E-state index is -4.69. The van der Waals surface area contributed by atoms with E-state index in [0.29, 0.717) is 19.6 Å². The molecule has 8 nitrogen and oxygen atoms in total. The van der Waals surface area contributed by atoms with E-state index in [9.17, 15) is 31.2 Å². The highest BCUT2D eigenvalue weighted by atomic mass is 35.5. The van der Waals surface area contributed by atoms with Crippen LogP contribution in [0.15, 0.2) is 41.3 Å². The summed E-state index contributed by atoms with van der Waals surface area (Å²) >= 11 is 6.00. The van der Waals surface area contributed by atoms with Gasteiger partial charge in [-0.05, 0) is 66.8 Å². The molecule has 2 aromatic carbocycles. The summed E-state index contributed by atoms with van der Waals surface area (Å²) in [7, 11) is -3.61. The molecule has 3 rings (SSSR count). The molecule has 4 N–H and O–H groups in total. The van der Waals surface area contributed by atoms with E-state index in [1.165, 1.54) is 37.3 Å². The highest BCUT2D eigenvalue weighted by Gasteiger charge is 2.35. The van der Waals surface area contributed by atoms with Crippen LogP contribution in [0.4, 0.5) is 13.2 Å². The van der Waals surface area contributed by atoms with Gasteiger partial charge in [-0.1, -0.05) is 24.6 Å². The molecule has 0 saturated carbocycles. The number of rotatable bonds is 10. The maximum atomic E-state index is 14.0. The van der Waals surface area contributed by atoms with Crippen molar-refractivity contribution in [3.8, 4) is 0 Å². The number of nitrogens with zero attached hydrogens (tertiary/aromatic N) is 1. The molecule has 39 heavy (non-hydrogen) atoms. The fraction of sp³-hybridized carbons (Fsp3) is 0.462. The fourth-order valence-corrected chi connectivity index (χ4v) is 5.89. The van der Waals surface area contributed by atoms with Crippen molar-refractivity contribution >= 4 is 33.3 Å². The standard InChI is InChI=1S/C26H32ClF3N4O4S/c1-2-39(37,38)23-8-7-21(27)10-20(23)14-33-25(36)18-5-6-19(22(11-18)26(28,29)30)16-34-9-3-4-17(15-34)13-32-24(35)12-31/h5-8,10-11,17H,2-4,9,12-16,31H2,1H3,(H,32,35)(H,33,36)/t17-/m0/s1. The van der Waals surface area contributed by atoms with Crippen LogP contribution < -0.4 is 16.4 Å².